The lowest BCUT2D eigenvalue weighted by Gasteiger charge is -2.31. The van der Waals surface area contributed by atoms with E-state index in [4.69, 9.17) is 4.52 Å². The SMILES string of the molecule is Cn1cccc1C(=O)N1CCCC(c2nc(-c3ccc(F)cc3)no2)C1. The summed E-state index contributed by atoms with van der Waals surface area (Å²) in [5.74, 6) is 0.675. The van der Waals surface area contributed by atoms with Crippen LogP contribution in [0, 0.1) is 5.82 Å². The van der Waals surface area contributed by atoms with Gasteiger partial charge in [0.2, 0.25) is 11.7 Å². The normalized spacial score (nSPS) is 17.5. The van der Waals surface area contributed by atoms with E-state index in [0.29, 0.717) is 29.5 Å². The van der Waals surface area contributed by atoms with E-state index in [-0.39, 0.29) is 17.6 Å². The summed E-state index contributed by atoms with van der Waals surface area (Å²) in [6, 6.07) is 9.66. The van der Waals surface area contributed by atoms with Gasteiger partial charge in [-0.15, -0.1) is 0 Å². The van der Waals surface area contributed by atoms with Gasteiger partial charge in [0.15, 0.2) is 0 Å². The molecule has 6 nitrogen and oxygen atoms in total. The van der Waals surface area contributed by atoms with E-state index in [1.165, 1.54) is 12.1 Å². The Hall–Kier alpha value is -2.96. The van der Waals surface area contributed by atoms with E-state index in [1.807, 2.05) is 34.8 Å². The summed E-state index contributed by atoms with van der Waals surface area (Å²) in [6.07, 6.45) is 3.64. The highest BCUT2D eigenvalue weighted by atomic mass is 19.1. The molecule has 2 aromatic heterocycles. The third-order valence-electron chi connectivity index (χ3n) is 4.76. The second kappa shape index (κ2) is 6.74. The number of nitrogens with zero attached hydrogens (tertiary/aromatic N) is 4. The molecule has 1 amide bonds. The molecule has 0 aliphatic carbocycles. The van der Waals surface area contributed by atoms with Crippen LogP contribution in [0.2, 0.25) is 0 Å². The first-order valence-electron chi connectivity index (χ1n) is 8.62. The molecule has 1 fully saturated rings. The summed E-state index contributed by atoms with van der Waals surface area (Å²) >= 11 is 0. The molecule has 134 valence electrons. The van der Waals surface area contributed by atoms with Gasteiger partial charge in [0.1, 0.15) is 11.5 Å². The minimum atomic E-state index is -0.306. The zero-order valence-electron chi connectivity index (χ0n) is 14.4. The Morgan fingerprint density at radius 2 is 2.08 bits per heavy atom. The second-order valence-corrected chi connectivity index (χ2v) is 6.56. The van der Waals surface area contributed by atoms with Crippen LogP contribution in [-0.4, -0.2) is 38.6 Å². The first-order valence-corrected chi connectivity index (χ1v) is 8.62. The Morgan fingerprint density at radius 3 is 2.81 bits per heavy atom. The average Bonchev–Trinajstić information content (AvgIpc) is 3.31. The van der Waals surface area contributed by atoms with E-state index in [1.54, 1.807) is 12.1 Å². The maximum Gasteiger partial charge on any atom is 0.270 e. The van der Waals surface area contributed by atoms with Gasteiger partial charge < -0.3 is 14.0 Å². The van der Waals surface area contributed by atoms with Gasteiger partial charge in [0.25, 0.3) is 5.91 Å². The van der Waals surface area contributed by atoms with Crippen LogP contribution in [0.15, 0.2) is 47.1 Å². The van der Waals surface area contributed by atoms with Gasteiger partial charge in [-0.05, 0) is 49.2 Å². The Balaban J connectivity index is 1.51. The Morgan fingerprint density at radius 1 is 1.27 bits per heavy atom. The van der Waals surface area contributed by atoms with E-state index in [9.17, 15) is 9.18 Å². The van der Waals surface area contributed by atoms with E-state index < -0.39 is 0 Å². The number of likely N-dealkylation sites (tertiary alicyclic amines) is 1. The highest BCUT2D eigenvalue weighted by molar-refractivity contribution is 5.92. The fourth-order valence-electron chi connectivity index (χ4n) is 3.33. The smallest absolute Gasteiger partial charge is 0.270 e. The zero-order valence-corrected chi connectivity index (χ0v) is 14.4. The Bertz CT molecular complexity index is 916. The van der Waals surface area contributed by atoms with Crippen LogP contribution in [0.1, 0.15) is 35.1 Å². The van der Waals surface area contributed by atoms with E-state index in [0.717, 1.165) is 19.4 Å². The number of carbonyl (C=O) groups is 1. The van der Waals surface area contributed by atoms with Crippen molar-refractivity contribution < 1.29 is 13.7 Å². The minimum Gasteiger partial charge on any atom is -0.347 e. The van der Waals surface area contributed by atoms with Gasteiger partial charge in [-0.2, -0.15) is 4.98 Å². The van der Waals surface area contributed by atoms with Gasteiger partial charge in [0.05, 0.1) is 5.92 Å². The summed E-state index contributed by atoms with van der Waals surface area (Å²) in [6.45, 7) is 1.27. The summed E-state index contributed by atoms with van der Waals surface area (Å²) in [7, 11) is 1.86. The van der Waals surface area contributed by atoms with Crippen LogP contribution in [0.5, 0.6) is 0 Å². The number of piperidine rings is 1. The Labute approximate surface area is 150 Å². The number of aromatic nitrogens is 3. The number of amides is 1. The van der Waals surface area contributed by atoms with Gasteiger partial charge in [-0.1, -0.05) is 5.16 Å². The molecule has 3 aromatic rings. The molecule has 0 N–H and O–H groups in total. The number of hydrogen-bond donors (Lipinski definition) is 0. The maximum atomic E-state index is 13.1. The summed E-state index contributed by atoms with van der Waals surface area (Å²) in [5, 5.41) is 4.01. The maximum absolute atomic E-state index is 13.1. The van der Waals surface area contributed by atoms with Crippen molar-refractivity contribution >= 4 is 5.91 Å². The number of benzene rings is 1. The number of aryl methyl sites for hydroxylation is 1. The highest BCUT2D eigenvalue weighted by Gasteiger charge is 2.29. The molecule has 1 saturated heterocycles. The lowest BCUT2D eigenvalue weighted by molar-refractivity contribution is 0.0686. The predicted molar refractivity (Wildman–Crippen MR) is 93.0 cm³/mol. The highest BCUT2D eigenvalue weighted by Crippen LogP contribution is 2.28. The van der Waals surface area contributed by atoms with Crippen LogP contribution in [-0.2, 0) is 7.05 Å². The molecule has 0 bridgehead atoms. The third-order valence-corrected chi connectivity index (χ3v) is 4.76. The molecular formula is C19H19FN4O2. The van der Waals surface area contributed by atoms with Crippen LogP contribution in [0.3, 0.4) is 0 Å². The second-order valence-electron chi connectivity index (χ2n) is 6.56. The molecule has 26 heavy (non-hydrogen) atoms. The first kappa shape index (κ1) is 16.5. The molecule has 3 heterocycles. The van der Waals surface area contributed by atoms with Gasteiger partial charge >= 0.3 is 0 Å². The molecule has 0 spiro atoms. The van der Waals surface area contributed by atoms with Gasteiger partial charge in [0, 0.05) is 31.9 Å². The average molecular weight is 354 g/mol. The number of hydrogen-bond acceptors (Lipinski definition) is 4. The molecule has 1 aromatic carbocycles. The number of rotatable bonds is 3. The Kier molecular flexibility index (Phi) is 4.28. The quantitative estimate of drug-likeness (QED) is 0.724. The summed E-state index contributed by atoms with van der Waals surface area (Å²) in [5.41, 5.74) is 1.37. The van der Waals surface area contributed by atoms with Crippen molar-refractivity contribution in [1.82, 2.24) is 19.6 Å². The van der Waals surface area contributed by atoms with Crippen LogP contribution in [0.25, 0.3) is 11.4 Å². The first-order chi connectivity index (χ1) is 12.6. The summed E-state index contributed by atoms with van der Waals surface area (Å²) < 4.78 is 20.3. The van der Waals surface area contributed by atoms with Crippen LogP contribution in [0.4, 0.5) is 4.39 Å². The molecular weight excluding hydrogens is 335 g/mol. The molecule has 1 atom stereocenters. The summed E-state index contributed by atoms with van der Waals surface area (Å²) in [4.78, 5) is 19.0. The van der Waals surface area contributed by atoms with E-state index in [2.05, 4.69) is 10.1 Å². The standard InChI is InChI=1S/C19H19FN4O2/c1-23-10-3-5-16(23)19(25)24-11-2-4-14(12-24)18-21-17(22-26-18)13-6-8-15(20)9-7-13/h3,5-10,14H,2,4,11-12H2,1H3. The van der Waals surface area contributed by atoms with E-state index >= 15 is 0 Å². The molecule has 4 rings (SSSR count). The lowest BCUT2D eigenvalue weighted by Crippen LogP contribution is -2.39. The fraction of sp³-hybridized carbons (Fsp3) is 0.316. The number of halogens is 1. The topological polar surface area (TPSA) is 64.2 Å². The monoisotopic (exact) mass is 354 g/mol. The van der Waals surface area contributed by atoms with Crippen molar-refractivity contribution in [2.45, 2.75) is 18.8 Å². The molecule has 7 heteroatoms. The molecule has 1 aliphatic rings. The van der Waals surface area contributed by atoms with Crippen molar-refractivity contribution in [3.05, 3.63) is 60.0 Å². The van der Waals surface area contributed by atoms with Gasteiger partial charge in [-0.3, -0.25) is 4.79 Å². The van der Waals surface area contributed by atoms with Crippen LogP contribution >= 0.6 is 0 Å². The van der Waals surface area contributed by atoms with Crippen molar-refractivity contribution in [1.29, 1.82) is 0 Å². The van der Waals surface area contributed by atoms with Gasteiger partial charge in [-0.25, -0.2) is 4.39 Å². The molecule has 0 saturated carbocycles. The predicted octanol–water partition coefficient (Wildman–Crippen LogP) is 3.23. The minimum absolute atomic E-state index is 0.00895. The van der Waals surface area contributed by atoms with Crippen molar-refractivity contribution in [2.75, 3.05) is 13.1 Å². The zero-order chi connectivity index (χ0) is 18.1. The molecule has 0 radical (unpaired) electrons. The van der Waals surface area contributed by atoms with Crippen molar-refractivity contribution in [2.24, 2.45) is 7.05 Å². The number of carbonyl (C=O) groups excluding carboxylic acids is 1. The largest absolute Gasteiger partial charge is 0.347 e. The lowest BCUT2D eigenvalue weighted by atomic mass is 9.97. The fourth-order valence-corrected chi connectivity index (χ4v) is 3.33. The van der Waals surface area contributed by atoms with Crippen molar-refractivity contribution in [3.63, 3.8) is 0 Å². The molecule has 1 aliphatic heterocycles. The molecule has 1 unspecified atom stereocenters. The van der Waals surface area contributed by atoms with Crippen LogP contribution < -0.4 is 0 Å². The van der Waals surface area contributed by atoms with Crippen molar-refractivity contribution in [3.8, 4) is 11.4 Å². The third kappa shape index (κ3) is 3.12.